The number of carbonyl (C=O) groups is 2. The zero-order valence-electron chi connectivity index (χ0n) is 20.2. The summed E-state index contributed by atoms with van der Waals surface area (Å²) in [5.74, 6) is -0.756. The van der Waals surface area contributed by atoms with Gasteiger partial charge >= 0.3 is 5.97 Å². The van der Waals surface area contributed by atoms with Gasteiger partial charge in [-0.25, -0.2) is 4.79 Å². The first-order valence-corrected chi connectivity index (χ1v) is 12.2. The average Bonchev–Trinajstić information content (AvgIpc) is 3.17. The molecule has 0 aliphatic carbocycles. The Balaban J connectivity index is 1.73. The van der Waals surface area contributed by atoms with Gasteiger partial charge in [0.15, 0.2) is 0 Å². The Hall–Kier alpha value is -3.00. The molecule has 7 nitrogen and oxygen atoms in total. The van der Waals surface area contributed by atoms with Gasteiger partial charge in [-0.15, -0.1) is 6.58 Å². The summed E-state index contributed by atoms with van der Waals surface area (Å²) in [7, 11) is 0. The highest BCUT2D eigenvalue weighted by Gasteiger charge is 2.44. The van der Waals surface area contributed by atoms with Gasteiger partial charge in [-0.05, 0) is 43.5 Å². The molecule has 188 valence electrons. The van der Waals surface area contributed by atoms with Gasteiger partial charge in [0.25, 0.3) is 5.91 Å². The normalized spacial score (nSPS) is 22.3. The van der Waals surface area contributed by atoms with Gasteiger partial charge in [0.2, 0.25) is 0 Å². The summed E-state index contributed by atoms with van der Waals surface area (Å²) in [6, 6.07) is 17.0. The first-order chi connectivity index (χ1) is 17.0. The average molecular weight is 482 g/mol. The number of aliphatic hydroxyl groups is 1. The highest BCUT2D eigenvalue weighted by atomic mass is 16.6. The number of hydrogen-bond acceptors (Lipinski definition) is 6. The van der Waals surface area contributed by atoms with Gasteiger partial charge in [0, 0.05) is 12.2 Å². The van der Waals surface area contributed by atoms with Crippen molar-refractivity contribution in [2.24, 2.45) is 0 Å². The second-order valence-electron chi connectivity index (χ2n) is 8.65. The van der Waals surface area contributed by atoms with E-state index in [-0.39, 0.29) is 12.5 Å². The lowest BCUT2D eigenvalue weighted by molar-refractivity contribution is -0.0450. The highest BCUT2D eigenvalue weighted by molar-refractivity contribution is 5.94. The zero-order chi connectivity index (χ0) is 25.0. The molecule has 1 heterocycles. The van der Waals surface area contributed by atoms with Crippen LogP contribution >= 0.6 is 0 Å². The molecule has 1 aliphatic heterocycles. The Bertz CT molecular complexity index is 935. The maximum absolute atomic E-state index is 12.9. The molecule has 1 unspecified atom stereocenters. The molecule has 0 spiro atoms. The van der Waals surface area contributed by atoms with E-state index in [2.05, 4.69) is 18.8 Å². The molecule has 35 heavy (non-hydrogen) atoms. The molecule has 0 aromatic heterocycles. The molecule has 3 rings (SSSR count). The third-order valence-electron chi connectivity index (χ3n) is 5.95. The number of rotatable bonds is 13. The van der Waals surface area contributed by atoms with Gasteiger partial charge in [0.1, 0.15) is 18.8 Å². The Labute approximate surface area is 207 Å². The van der Waals surface area contributed by atoms with E-state index in [1.54, 1.807) is 54.6 Å². The van der Waals surface area contributed by atoms with Crippen LogP contribution in [0, 0.1) is 0 Å². The summed E-state index contributed by atoms with van der Waals surface area (Å²) < 4.78 is 17.7. The Morgan fingerprint density at radius 2 is 1.74 bits per heavy atom. The van der Waals surface area contributed by atoms with Crippen LogP contribution < -0.4 is 5.32 Å². The van der Waals surface area contributed by atoms with Crippen LogP contribution in [0.25, 0.3) is 0 Å². The standard InChI is InChI=1S/C28H35NO6/c1-3-5-17-33-26-24(35-23(12-4-2)25(26)30)18-22(29-27(31)20-13-8-6-9-14-20)19-34-28(32)21-15-10-7-11-16-21/h4,6-11,13-16,22-26,30H,2-3,5,12,17-19H2,1H3,(H,29,31)/t22-,23-,24+,25?,26-/m0/s1. The van der Waals surface area contributed by atoms with Crippen molar-refractivity contribution in [3.63, 3.8) is 0 Å². The minimum absolute atomic E-state index is 0.0456. The molecule has 1 amide bonds. The van der Waals surface area contributed by atoms with Crippen LogP contribution in [0.5, 0.6) is 0 Å². The summed E-state index contributed by atoms with van der Waals surface area (Å²) in [5.41, 5.74) is 0.930. The maximum atomic E-state index is 12.9. The smallest absolute Gasteiger partial charge is 0.338 e. The van der Waals surface area contributed by atoms with E-state index in [4.69, 9.17) is 14.2 Å². The molecule has 2 aromatic carbocycles. The number of benzene rings is 2. The van der Waals surface area contributed by atoms with Crippen LogP contribution in [0.2, 0.25) is 0 Å². The van der Waals surface area contributed by atoms with Crippen LogP contribution in [0.4, 0.5) is 0 Å². The molecule has 5 atom stereocenters. The summed E-state index contributed by atoms with van der Waals surface area (Å²) in [4.78, 5) is 25.4. The fourth-order valence-corrected chi connectivity index (χ4v) is 4.07. The second kappa shape index (κ2) is 13.8. The lowest BCUT2D eigenvalue weighted by Gasteiger charge is -2.26. The molecule has 7 heteroatoms. The van der Waals surface area contributed by atoms with Crippen molar-refractivity contribution < 1.29 is 28.9 Å². The number of aliphatic hydroxyl groups excluding tert-OH is 1. The van der Waals surface area contributed by atoms with Gasteiger partial charge in [-0.2, -0.15) is 0 Å². The van der Waals surface area contributed by atoms with Crippen LogP contribution in [0.15, 0.2) is 73.3 Å². The number of hydrogen-bond donors (Lipinski definition) is 2. The minimum Gasteiger partial charge on any atom is -0.460 e. The first kappa shape index (κ1) is 26.6. The third-order valence-corrected chi connectivity index (χ3v) is 5.95. The molecular weight excluding hydrogens is 446 g/mol. The summed E-state index contributed by atoms with van der Waals surface area (Å²) in [6.45, 7) is 6.28. The van der Waals surface area contributed by atoms with E-state index in [0.717, 1.165) is 12.8 Å². The molecule has 0 bridgehead atoms. The number of esters is 1. The molecule has 1 fully saturated rings. The summed E-state index contributed by atoms with van der Waals surface area (Å²) in [6.07, 6.45) is 2.04. The molecule has 0 radical (unpaired) electrons. The zero-order valence-corrected chi connectivity index (χ0v) is 20.2. The predicted molar refractivity (Wildman–Crippen MR) is 133 cm³/mol. The predicted octanol–water partition coefficient (Wildman–Crippen LogP) is 3.92. The van der Waals surface area contributed by atoms with Gasteiger partial charge < -0.3 is 24.6 Å². The van der Waals surface area contributed by atoms with Crippen molar-refractivity contribution in [1.82, 2.24) is 5.32 Å². The van der Waals surface area contributed by atoms with Crippen LogP contribution in [0.3, 0.4) is 0 Å². The lowest BCUT2D eigenvalue weighted by Crippen LogP contribution is -2.44. The summed E-state index contributed by atoms with van der Waals surface area (Å²) in [5, 5.41) is 13.8. The third kappa shape index (κ3) is 7.75. The highest BCUT2D eigenvalue weighted by Crippen LogP contribution is 2.29. The van der Waals surface area contributed by atoms with E-state index in [9.17, 15) is 14.7 Å². The fourth-order valence-electron chi connectivity index (χ4n) is 4.07. The number of ether oxygens (including phenoxy) is 3. The molecule has 1 saturated heterocycles. The van der Waals surface area contributed by atoms with Crippen molar-refractivity contribution in [3.8, 4) is 0 Å². The molecule has 2 N–H and O–H groups in total. The van der Waals surface area contributed by atoms with Crippen LogP contribution in [0.1, 0.15) is 53.3 Å². The van der Waals surface area contributed by atoms with Gasteiger partial charge in [0.05, 0.1) is 23.8 Å². The van der Waals surface area contributed by atoms with Crippen molar-refractivity contribution in [2.45, 2.75) is 63.1 Å². The van der Waals surface area contributed by atoms with Gasteiger partial charge in [-0.1, -0.05) is 55.8 Å². The fraction of sp³-hybridized carbons (Fsp3) is 0.429. The number of amides is 1. The number of unbranched alkanes of at least 4 members (excludes halogenated alkanes) is 1. The topological polar surface area (TPSA) is 94.1 Å². The minimum atomic E-state index is -0.813. The van der Waals surface area contributed by atoms with Crippen LogP contribution in [-0.4, -0.2) is 60.7 Å². The Morgan fingerprint density at radius 3 is 2.37 bits per heavy atom. The maximum Gasteiger partial charge on any atom is 0.338 e. The largest absolute Gasteiger partial charge is 0.460 e. The Kier molecular flexibility index (Phi) is 10.5. The quantitative estimate of drug-likeness (QED) is 0.256. The van der Waals surface area contributed by atoms with E-state index in [1.807, 2.05) is 12.1 Å². The number of nitrogens with one attached hydrogen (secondary N) is 1. The van der Waals surface area contributed by atoms with Crippen molar-refractivity contribution in [3.05, 3.63) is 84.4 Å². The van der Waals surface area contributed by atoms with E-state index in [1.165, 1.54) is 0 Å². The second-order valence-corrected chi connectivity index (χ2v) is 8.65. The van der Waals surface area contributed by atoms with Crippen molar-refractivity contribution in [1.29, 1.82) is 0 Å². The van der Waals surface area contributed by atoms with E-state index in [0.29, 0.717) is 30.6 Å². The molecular formula is C28H35NO6. The van der Waals surface area contributed by atoms with Crippen molar-refractivity contribution in [2.75, 3.05) is 13.2 Å². The lowest BCUT2D eigenvalue weighted by atomic mass is 10.0. The molecule has 0 saturated carbocycles. The van der Waals surface area contributed by atoms with E-state index >= 15 is 0 Å². The molecule has 1 aliphatic rings. The van der Waals surface area contributed by atoms with E-state index < -0.39 is 36.4 Å². The number of carbonyl (C=O) groups excluding carboxylic acids is 2. The van der Waals surface area contributed by atoms with Crippen LogP contribution in [-0.2, 0) is 14.2 Å². The SMILES string of the molecule is C=CC[C@@H]1O[C@H](C[C@@H](COC(=O)c2ccccc2)NC(=O)c2ccccc2)[C@H](OCCCC)C1O. The first-order valence-electron chi connectivity index (χ1n) is 12.2. The van der Waals surface area contributed by atoms with Gasteiger partial charge in [-0.3, -0.25) is 4.79 Å². The summed E-state index contributed by atoms with van der Waals surface area (Å²) >= 11 is 0. The molecule has 2 aromatic rings. The Morgan fingerprint density at radius 1 is 1.09 bits per heavy atom. The monoisotopic (exact) mass is 481 g/mol. The van der Waals surface area contributed by atoms with Crippen molar-refractivity contribution >= 4 is 11.9 Å².